The summed E-state index contributed by atoms with van der Waals surface area (Å²) < 4.78 is 37.6. The quantitative estimate of drug-likeness (QED) is 0.869. The van der Waals surface area contributed by atoms with Crippen LogP contribution in [0.1, 0.15) is 39.9 Å². The third-order valence-electron chi connectivity index (χ3n) is 3.83. The first-order valence-corrected chi connectivity index (χ1v) is 7.52. The highest BCUT2D eigenvalue weighted by atomic mass is 19.4. The van der Waals surface area contributed by atoms with Crippen molar-refractivity contribution in [3.63, 3.8) is 0 Å². The number of primary amides is 1. The molecule has 0 saturated heterocycles. The topological polar surface area (TPSA) is 72.2 Å². The Labute approximate surface area is 142 Å². The molecular formula is C18H17F3N2O2. The van der Waals surface area contributed by atoms with E-state index in [2.05, 4.69) is 5.32 Å². The molecule has 3 N–H and O–H groups in total. The lowest BCUT2D eigenvalue weighted by Crippen LogP contribution is -2.29. The number of carbonyl (C=O) groups excluding carboxylic acids is 2. The van der Waals surface area contributed by atoms with Crippen LogP contribution >= 0.6 is 0 Å². The van der Waals surface area contributed by atoms with Crippen LogP contribution in [0.3, 0.4) is 0 Å². The molecule has 132 valence electrons. The molecule has 0 radical (unpaired) electrons. The minimum Gasteiger partial charge on any atom is -0.366 e. The molecule has 7 heteroatoms. The zero-order chi connectivity index (χ0) is 18.6. The van der Waals surface area contributed by atoms with Crippen molar-refractivity contribution in [3.8, 4) is 0 Å². The lowest BCUT2D eigenvalue weighted by Gasteiger charge is -2.15. The average molecular weight is 350 g/mol. The monoisotopic (exact) mass is 350 g/mol. The Morgan fingerprint density at radius 2 is 1.68 bits per heavy atom. The van der Waals surface area contributed by atoms with Gasteiger partial charge >= 0.3 is 6.18 Å². The fraction of sp³-hybridized carbons (Fsp3) is 0.222. The minimum atomic E-state index is -4.39. The predicted octanol–water partition coefficient (Wildman–Crippen LogP) is 3.22. The van der Waals surface area contributed by atoms with Gasteiger partial charge in [0.05, 0.1) is 11.5 Å². The maximum Gasteiger partial charge on any atom is 0.416 e. The molecule has 0 fully saturated rings. The summed E-state index contributed by atoms with van der Waals surface area (Å²) in [6, 6.07) is 11.1. The van der Waals surface area contributed by atoms with Crippen LogP contribution in [0, 0.1) is 0 Å². The van der Waals surface area contributed by atoms with Crippen LogP contribution in [0.5, 0.6) is 0 Å². The van der Waals surface area contributed by atoms with E-state index >= 15 is 0 Å². The molecule has 0 unspecified atom stereocenters. The molecule has 0 saturated carbocycles. The third-order valence-corrected chi connectivity index (χ3v) is 3.83. The van der Waals surface area contributed by atoms with E-state index < -0.39 is 23.6 Å². The summed E-state index contributed by atoms with van der Waals surface area (Å²) in [7, 11) is 0. The molecule has 25 heavy (non-hydrogen) atoms. The summed E-state index contributed by atoms with van der Waals surface area (Å²) in [4.78, 5) is 23.7. The number of hydrogen-bond donors (Lipinski definition) is 2. The highest BCUT2D eigenvalue weighted by molar-refractivity contribution is 5.96. The second kappa shape index (κ2) is 7.38. The molecule has 0 heterocycles. The first kappa shape index (κ1) is 18.5. The minimum absolute atomic E-state index is 0.0834. The molecule has 2 aromatic carbocycles. The Morgan fingerprint density at radius 1 is 1.08 bits per heavy atom. The number of hydrogen-bond acceptors (Lipinski definition) is 2. The van der Waals surface area contributed by atoms with Crippen LogP contribution in [-0.4, -0.2) is 11.8 Å². The van der Waals surface area contributed by atoms with Gasteiger partial charge in [-0.2, -0.15) is 13.2 Å². The maximum absolute atomic E-state index is 12.5. The van der Waals surface area contributed by atoms with Crippen LogP contribution in [0.2, 0.25) is 0 Å². The summed E-state index contributed by atoms with van der Waals surface area (Å²) in [5.74, 6) is -1.61. The van der Waals surface area contributed by atoms with E-state index in [1.54, 1.807) is 25.1 Å². The van der Waals surface area contributed by atoms with Crippen LogP contribution < -0.4 is 11.1 Å². The Kier molecular flexibility index (Phi) is 5.46. The number of rotatable bonds is 5. The van der Waals surface area contributed by atoms with Gasteiger partial charge in [0.1, 0.15) is 0 Å². The van der Waals surface area contributed by atoms with E-state index in [-0.39, 0.29) is 18.0 Å². The van der Waals surface area contributed by atoms with Crippen LogP contribution in [0.4, 0.5) is 13.2 Å². The van der Waals surface area contributed by atoms with Crippen molar-refractivity contribution < 1.29 is 22.8 Å². The zero-order valence-corrected chi connectivity index (χ0v) is 13.4. The predicted molar refractivity (Wildman–Crippen MR) is 86.7 cm³/mol. The lowest BCUT2D eigenvalue weighted by molar-refractivity contribution is -0.137. The van der Waals surface area contributed by atoms with Gasteiger partial charge in [0.2, 0.25) is 11.8 Å². The summed E-state index contributed by atoms with van der Waals surface area (Å²) >= 11 is 0. The first-order valence-electron chi connectivity index (χ1n) is 7.52. The molecule has 0 aliphatic carbocycles. The van der Waals surface area contributed by atoms with Gasteiger partial charge < -0.3 is 11.1 Å². The van der Waals surface area contributed by atoms with E-state index in [1.807, 2.05) is 0 Å². The largest absolute Gasteiger partial charge is 0.416 e. The smallest absolute Gasteiger partial charge is 0.366 e. The molecule has 2 aromatic rings. The molecule has 0 spiro atoms. The van der Waals surface area contributed by atoms with Gasteiger partial charge in [-0.15, -0.1) is 0 Å². The Morgan fingerprint density at radius 3 is 2.24 bits per heavy atom. The molecule has 0 aliphatic rings. The van der Waals surface area contributed by atoms with Crippen LogP contribution in [0.15, 0.2) is 48.5 Å². The van der Waals surface area contributed by atoms with Crippen LogP contribution in [0.25, 0.3) is 0 Å². The number of benzene rings is 2. The molecular weight excluding hydrogens is 333 g/mol. The number of amides is 2. The average Bonchev–Trinajstić information content (AvgIpc) is 2.58. The molecule has 2 rings (SSSR count). The molecule has 0 aromatic heterocycles. The van der Waals surface area contributed by atoms with Gasteiger partial charge in [-0.25, -0.2) is 0 Å². The number of halogens is 3. The molecule has 0 bridgehead atoms. The highest BCUT2D eigenvalue weighted by Gasteiger charge is 2.30. The van der Waals surface area contributed by atoms with E-state index in [4.69, 9.17) is 5.73 Å². The van der Waals surface area contributed by atoms with Gasteiger partial charge in [-0.05, 0) is 36.2 Å². The van der Waals surface area contributed by atoms with E-state index in [1.165, 1.54) is 18.2 Å². The second-order valence-corrected chi connectivity index (χ2v) is 5.59. The zero-order valence-electron chi connectivity index (χ0n) is 13.4. The Bertz CT molecular complexity index is 771. The van der Waals surface area contributed by atoms with Gasteiger partial charge in [0, 0.05) is 12.1 Å². The third kappa shape index (κ3) is 4.59. The Hall–Kier alpha value is -2.83. The fourth-order valence-electron chi connectivity index (χ4n) is 2.39. The van der Waals surface area contributed by atoms with Crippen molar-refractivity contribution in [2.75, 3.05) is 0 Å². The number of nitrogens with two attached hydrogens (primary N) is 1. The van der Waals surface area contributed by atoms with Gasteiger partial charge in [-0.1, -0.05) is 30.3 Å². The standard InChI is InChI=1S/C18H17F3N2O2/c1-11(14-4-2-3-5-15(14)16(22)24)17(25)23-10-12-6-8-13(9-7-12)18(19,20)21/h2-9,11H,10H2,1H3,(H2,22,24)(H,23,25)/t11-/m1/s1. The van der Waals surface area contributed by atoms with Gasteiger partial charge in [0.15, 0.2) is 0 Å². The fourth-order valence-corrected chi connectivity index (χ4v) is 2.39. The highest BCUT2D eigenvalue weighted by Crippen LogP contribution is 2.29. The summed E-state index contributed by atoms with van der Waals surface area (Å²) in [5.41, 5.74) is 5.86. The molecule has 2 amide bonds. The summed E-state index contributed by atoms with van der Waals surface area (Å²) in [6.07, 6.45) is -4.39. The summed E-state index contributed by atoms with van der Waals surface area (Å²) in [5, 5.41) is 2.65. The number of alkyl halides is 3. The SMILES string of the molecule is C[C@@H](C(=O)NCc1ccc(C(F)(F)F)cc1)c1ccccc1C(N)=O. The maximum atomic E-state index is 12.5. The van der Waals surface area contributed by atoms with Crippen molar-refractivity contribution in [1.82, 2.24) is 5.32 Å². The van der Waals surface area contributed by atoms with Crippen molar-refractivity contribution in [2.45, 2.75) is 25.6 Å². The van der Waals surface area contributed by atoms with Crippen molar-refractivity contribution >= 4 is 11.8 Å². The van der Waals surface area contributed by atoms with Gasteiger partial charge in [0.25, 0.3) is 0 Å². The van der Waals surface area contributed by atoms with E-state index in [9.17, 15) is 22.8 Å². The van der Waals surface area contributed by atoms with Crippen molar-refractivity contribution in [3.05, 3.63) is 70.8 Å². The normalized spacial score (nSPS) is 12.5. The first-order chi connectivity index (χ1) is 11.7. The number of nitrogens with one attached hydrogen (secondary N) is 1. The number of carbonyl (C=O) groups is 2. The second-order valence-electron chi connectivity index (χ2n) is 5.59. The van der Waals surface area contributed by atoms with Crippen LogP contribution in [-0.2, 0) is 17.5 Å². The van der Waals surface area contributed by atoms with Crippen molar-refractivity contribution in [2.24, 2.45) is 5.73 Å². The van der Waals surface area contributed by atoms with Crippen molar-refractivity contribution in [1.29, 1.82) is 0 Å². The molecule has 4 nitrogen and oxygen atoms in total. The molecule has 0 aliphatic heterocycles. The van der Waals surface area contributed by atoms with E-state index in [0.29, 0.717) is 11.1 Å². The molecule has 1 atom stereocenters. The van der Waals surface area contributed by atoms with Gasteiger partial charge in [-0.3, -0.25) is 9.59 Å². The summed E-state index contributed by atoms with van der Waals surface area (Å²) in [6.45, 7) is 1.71. The Balaban J connectivity index is 2.04. The van der Waals surface area contributed by atoms with E-state index in [0.717, 1.165) is 12.1 Å². The lowest BCUT2D eigenvalue weighted by atomic mass is 9.94.